The Kier molecular flexibility index (Phi) is 9.38. The van der Waals surface area contributed by atoms with Crippen LogP contribution < -0.4 is 16.4 Å². The number of hydrogen-bond acceptors (Lipinski definition) is 3. The molecule has 1 rings (SSSR count). The number of nitrogens with two attached hydrogens (primary N) is 1. The molecule has 9 heteroatoms. The first-order valence-electron chi connectivity index (χ1n) is 7.21. The van der Waals surface area contributed by atoms with Crippen molar-refractivity contribution in [3.05, 3.63) is 35.4 Å². The minimum atomic E-state index is -4.44. The molecule has 1 unspecified atom stereocenters. The molecule has 5 nitrogen and oxygen atoms in total. The normalized spacial score (nSPS) is 12.0. The van der Waals surface area contributed by atoms with Crippen molar-refractivity contribution in [3.63, 3.8) is 0 Å². The van der Waals surface area contributed by atoms with Crippen LogP contribution in [-0.2, 0) is 15.8 Å². The third-order valence-corrected chi connectivity index (χ3v) is 3.16. The highest BCUT2D eigenvalue weighted by Gasteiger charge is 2.31. The van der Waals surface area contributed by atoms with Crippen molar-refractivity contribution in [1.82, 2.24) is 10.6 Å². The summed E-state index contributed by atoms with van der Waals surface area (Å²) in [7, 11) is 0. The summed E-state index contributed by atoms with van der Waals surface area (Å²) in [5, 5.41) is 4.94. The fourth-order valence-corrected chi connectivity index (χ4v) is 2.04. The summed E-state index contributed by atoms with van der Waals surface area (Å²) in [6.45, 7) is 1.36. The number of rotatable bonds is 7. The number of halogens is 4. The molecule has 0 aliphatic rings. The summed E-state index contributed by atoms with van der Waals surface area (Å²) < 4.78 is 38.3. The molecule has 24 heavy (non-hydrogen) atoms. The van der Waals surface area contributed by atoms with Gasteiger partial charge in [-0.2, -0.15) is 13.2 Å². The van der Waals surface area contributed by atoms with Crippen LogP contribution in [0.2, 0.25) is 0 Å². The highest BCUT2D eigenvalue weighted by molar-refractivity contribution is 5.85. The van der Waals surface area contributed by atoms with Gasteiger partial charge in [-0.3, -0.25) is 9.59 Å². The van der Waals surface area contributed by atoms with Gasteiger partial charge in [0.25, 0.3) is 0 Å². The lowest BCUT2D eigenvalue weighted by Gasteiger charge is -2.20. The summed E-state index contributed by atoms with van der Waals surface area (Å²) in [5.41, 5.74) is 4.72. The first-order valence-corrected chi connectivity index (χ1v) is 7.21. The Morgan fingerprint density at radius 1 is 1.25 bits per heavy atom. The molecule has 0 fully saturated rings. The summed E-state index contributed by atoms with van der Waals surface area (Å²) in [4.78, 5) is 22.8. The van der Waals surface area contributed by atoms with Gasteiger partial charge >= 0.3 is 6.18 Å². The minimum Gasteiger partial charge on any atom is -0.348 e. The zero-order chi connectivity index (χ0) is 17.5. The van der Waals surface area contributed by atoms with Gasteiger partial charge in [0.05, 0.1) is 24.7 Å². The lowest BCUT2D eigenvalue weighted by atomic mass is 10.00. The molecular weight excluding hydrogens is 347 g/mol. The second-order valence-corrected chi connectivity index (χ2v) is 5.01. The van der Waals surface area contributed by atoms with Gasteiger partial charge in [-0.25, -0.2) is 0 Å². The third-order valence-electron chi connectivity index (χ3n) is 3.16. The number of carbonyl (C=O) groups excluding carboxylic acids is 2. The maximum atomic E-state index is 12.8. The van der Waals surface area contributed by atoms with E-state index in [0.29, 0.717) is 18.4 Å². The van der Waals surface area contributed by atoms with Crippen LogP contribution in [0, 0.1) is 0 Å². The second-order valence-electron chi connectivity index (χ2n) is 5.01. The highest BCUT2D eigenvalue weighted by Crippen LogP contribution is 2.31. The van der Waals surface area contributed by atoms with Gasteiger partial charge in [0.2, 0.25) is 11.8 Å². The Balaban J connectivity index is 0.00000529. The number of hydrogen-bond donors (Lipinski definition) is 3. The van der Waals surface area contributed by atoms with Crippen molar-refractivity contribution in [3.8, 4) is 0 Å². The smallest absolute Gasteiger partial charge is 0.348 e. The number of carbonyl (C=O) groups is 2. The van der Waals surface area contributed by atoms with Crippen LogP contribution in [0.5, 0.6) is 0 Å². The lowest BCUT2D eigenvalue weighted by Crippen LogP contribution is -2.40. The van der Waals surface area contributed by atoms with Gasteiger partial charge in [-0.05, 0) is 24.1 Å². The fraction of sp³-hybridized carbons (Fsp3) is 0.467. The second kappa shape index (κ2) is 10.1. The molecule has 0 aromatic heterocycles. The average Bonchev–Trinajstić information content (AvgIpc) is 2.51. The van der Waals surface area contributed by atoms with Crippen LogP contribution >= 0.6 is 12.4 Å². The van der Waals surface area contributed by atoms with Crippen LogP contribution in [0.25, 0.3) is 0 Å². The average molecular weight is 368 g/mol. The van der Waals surface area contributed by atoms with Crippen molar-refractivity contribution in [2.24, 2.45) is 5.73 Å². The first-order chi connectivity index (χ1) is 10.8. The molecule has 1 aromatic carbocycles. The predicted octanol–water partition coefficient (Wildman–Crippen LogP) is 2.16. The van der Waals surface area contributed by atoms with Gasteiger partial charge in [0.15, 0.2) is 0 Å². The number of benzene rings is 1. The van der Waals surface area contributed by atoms with Crippen molar-refractivity contribution in [1.29, 1.82) is 0 Å². The van der Waals surface area contributed by atoms with E-state index in [1.54, 1.807) is 0 Å². The molecule has 0 saturated carbocycles. The molecule has 2 amide bonds. The fourth-order valence-electron chi connectivity index (χ4n) is 2.04. The Labute approximate surface area is 144 Å². The van der Waals surface area contributed by atoms with E-state index < -0.39 is 29.6 Å². The third kappa shape index (κ3) is 7.18. The van der Waals surface area contributed by atoms with Gasteiger partial charge < -0.3 is 16.4 Å². The van der Waals surface area contributed by atoms with Crippen LogP contribution in [-0.4, -0.2) is 24.9 Å². The largest absolute Gasteiger partial charge is 0.416 e. The first kappa shape index (κ1) is 22.2. The summed E-state index contributed by atoms with van der Waals surface area (Å²) in [6, 6.07) is 4.30. The molecule has 0 aliphatic carbocycles. The van der Waals surface area contributed by atoms with E-state index in [4.69, 9.17) is 5.73 Å². The van der Waals surface area contributed by atoms with Gasteiger partial charge in [-0.15, -0.1) is 12.4 Å². The molecule has 0 radical (unpaired) electrons. The summed E-state index contributed by atoms with van der Waals surface area (Å²) in [5.74, 6) is -0.964. The number of alkyl halides is 3. The van der Waals surface area contributed by atoms with E-state index in [1.165, 1.54) is 12.1 Å². The molecule has 0 saturated heterocycles. The lowest BCUT2D eigenvalue weighted by molar-refractivity contribution is -0.137. The van der Waals surface area contributed by atoms with E-state index in [2.05, 4.69) is 10.6 Å². The molecule has 0 bridgehead atoms. The number of amides is 2. The van der Waals surface area contributed by atoms with Crippen LogP contribution in [0.3, 0.4) is 0 Å². The highest BCUT2D eigenvalue weighted by atomic mass is 35.5. The molecule has 4 N–H and O–H groups in total. The standard InChI is InChI=1S/C15H20F3N3O2.ClH/c1-2-4-12(21-14(23)9-20-13(22)8-19)10-5-3-6-11(7-10)15(16,17)18;/h3,5-7,12H,2,4,8-9,19H2,1H3,(H,20,22)(H,21,23);1H. The molecular formula is C15H21ClF3N3O2. The zero-order valence-corrected chi connectivity index (χ0v) is 14.0. The molecule has 136 valence electrons. The Morgan fingerprint density at radius 2 is 1.92 bits per heavy atom. The van der Waals surface area contributed by atoms with Crippen molar-refractivity contribution < 1.29 is 22.8 Å². The van der Waals surface area contributed by atoms with Crippen molar-refractivity contribution in [2.75, 3.05) is 13.1 Å². The van der Waals surface area contributed by atoms with E-state index in [1.807, 2.05) is 6.92 Å². The van der Waals surface area contributed by atoms with Gasteiger partial charge in [0.1, 0.15) is 0 Å². The Bertz CT molecular complexity index is 553. The van der Waals surface area contributed by atoms with E-state index in [9.17, 15) is 22.8 Å². The van der Waals surface area contributed by atoms with E-state index in [-0.39, 0.29) is 25.5 Å². The summed E-state index contributed by atoms with van der Waals surface area (Å²) >= 11 is 0. The maximum absolute atomic E-state index is 12.8. The summed E-state index contributed by atoms with van der Waals surface area (Å²) in [6.07, 6.45) is -3.28. The monoisotopic (exact) mass is 367 g/mol. The van der Waals surface area contributed by atoms with E-state index in [0.717, 1.165) is 12.1 Å². The van der Waals surface area contributed by atoms with Crippen LogP contribution in [0.1, 0.15) is 36.9 Å². The SMILES string of the molecule is CCCC(NC(=O)CNC(=O)CN)c1cccc(C(F)(F)F)c1.Cl. The van der Waals surface area contributed by atoms with Crippen LogP contribution in [0.15, 0.2) is 24.3 Å². The van der Waals surface area contributed by atoms with Crippen molar-refractivity contribution >= 4 is 24.2 Å². The predicted molar refractivity (Wildman–Crippen MR) is 86.5 cm³/mol. The molecule has 1 aromatic rings. The zero-order valence-electron chi connectivity index (χ0n) is 13.2. The molecule has 1 atom stereocenters. The van der Waals surface area contributed by atoms with Gasteiger partial charge in [-0.1, -0.05) is 25.5 Å². The molecule has 0 aliphatic heterocycles. The maximum Gasteiger partial charge on any atom is 0.416 e. The van der Waals surface area contributed by atoms with Crippen LogP contribution in [0.4, 0.5) is 13.2 Å². The molecule has 0 heterocycles. The topological polar surface area (TPSA) is 84.2 Å². The molecule has 0 spiro atoms. The minimum absolute atomic E-state index is 0. The number of nitrogens with one attached hydrogen (secondary N) is 2. The Morgan fingerprint density at radius 3 is 2.46 bits per heavy atom. The van der Waals surface area contributed by atoms with Gasteiger partial charge in [0, 0.05) is 0 Å². The Hall–Kier alpha value is -1.80. The van der Waals surface area contributed by atoms with Crippen molar-refractivity contribution in [2.45, 2.75) is 32.0 Å². The quantitative estimate of drug-likeness (QED) is 0.690. The van der Waals surface area contributed by atoms with E-state index >= 15 is 0 Å².